The van der Waals surface area contributed by atoms with Crippen LogP contribution in [-0.4, -0.2) is 52.6 Å². The van der Waals surface area contributed by atoms with Crippen LogP contribution >= 0.6 is 0 Å². The number of carboxylic acid groups (broad SMARTS) is 1. The number of aryl methyl sites for hydroxylation is 1. The van der Waals surface area contributed by atoms with Gasteiger partial charge >= 0.3 is 0 Å². The molecule has 2 bridgehead atoms. The summed E-state index contributed by atoms with van der Waals surface area (Å²) in [5.74, 6) is 0.679. The van der Waals surface area contributed by atoms with Gasteiger partial charge in [0.05, 0.1) is 0 Å². The number of benzene rings is 1. The molecule has 2 fully saturated rings. The van der Waals surface area contributed by atoms with E-state index in [4.69, 9.17) is 9.90 Å². The van der Waals surface area contributed by atoms with Crippen molar-refractivity contribution in [3.63, 3.8) is 0 Å². The number of rotatable bonds is 5. The molecule has 0 aliphatic carbocycles. The average Bonchev–Trinajstić information content (AvgIpc) is 2.85. The molecule has 0 saturated carbocycles. The van der Waals surface area contributed by atoms with Crippen molar-refractivity contribution in [3.05, 3.63) is 69.6 Å². The average molecular weight is 480 g/mol. The topological polar surface area (TPSA) is 91.6 Å². The molecule has 3 aliphatic heterocycles. The number of pyridine rings is 1. The van der Waals surface area contributed by atoms with Gasteiger partial charge in [-0.1, -0.05) is 30.3 Å². The largest absolute Gasteiger partial charge is 0.481 e. The Labute approximate surface area is 207 Å². The quantitative estimate of drug-likeness (QED) is 0.685. The number of nitrogens with zero attached hydrogens (tertiary/aromatic N) is 2. The summed E-state index contributed by atoms with van der Waals surface area (Å²) in [5.41, 5.74) is 2.79. The first-order valence-corrected chi connectivity index (χ1v) is 12.9. The van der Waals surface area contributed by atoms with Crippen LogP contribution < -0.4 is 10.9 Å². The van der Waals surface area contributed by atoms with Crippen LogP contribution in [0.25, 0.3) is 0 Å². The van der Waals surface area contributed by atoms with Crippen LogP contribution in [0.5, 0.6) is 0 Å². The van der Waals surface area contributed by atoms with Gasteiger partial charge < -0.3 is 19.9 Å². The van der Waals surface area contributed by atoms with E-state index in [2.05, 4.69) is 35.6 Å². The Morgan fingerprint density at radius 1 is 1.06 bits per heavy atom. The van der Waals surface area contributed by atoms with E-state index in [0.29, 0.717) is 23.3 Å². The highest BCUT2D eigenvalue weighted by molar-refractivity contribution is 5.94. The first-order valence-electron chi connectivity index (χ1n) is 12.9. The van der Waals surface area contributed by atoms with E-state index in [-0.39, 0.29) is 11.5 Å². The van der Waals surface area contributed by atoms with Gasteiger partial charge in [0.1, 0.15) is 5.56 Å². The SMILES string of the molecule is CC(=O)O.O=C(c1ccc2n(c1=O)C[C@@H]1CNC[C@H]2C1)N1CCC(CCCc2ccccc2)CC1. The van der Waals surface area contributed by atoms with Crippen molar-refractivity contribution < 1.29 is 14.7 Å². The second-order valence-corrected chi connectivity index (χ2v) is 10.2. The minimum absolute atomic E-state index is 0.0723. The van der Waals surface area contributed by atoms with Crippen molar-refractivity contribution in [2.75, 3.05) is 26.2 Å². The summed E-state index contributed by atoms with van der Waals surface area (Å²) in [5, 5.41) is 10.9. The zero-order valence-corrected chi connectivity index (χ0v) is 20.6. The van der Waals surface area contributed by atoms with Crippen LogP contribution in [0.4, 0.5) is 0 Å². The number of likely N-dealkylation sites (tertiary alicyclic amines) is 1. The predicted molar refractivity (Wildman–Crippen MR) is 136 cm³/mol. The molecule has 2 saturated heterocycles. The second-order valence-electron chi connectivity index (χ2n) is 10.2. The summed E-state index contributed by atoms with van der Waals surface area (Å²) < 4.78 is 1.89. The molecule has 7 nitrogen and oxygen atoms in total. The Hall–Kier alpha value is -2.93. The maximum atomic E-state index is 13.2. The molecule has 2 atom stereocenters. The summed E-state index contributed by atoms with van der Waals surface area (Å²) >= 11 is 0. The van der Waals surface area contributed by atoms with Gasteiger partial charge in [-0.15, -0.1) is 0 Å². The number of aliphatic carboxylic acids is 1. The van der Waals surface area contributed by atoms with E-state index in [0.717, 1.165) is 71.0 Å². The lowest BCUT2D eigenvalue weighted by Gasteiger charge is -2.38. The van der Waals surface area contributed by atoms with Crippen LogP contribution in [0.3, 0.4) is 0 Å². The number of hydrogen-bond acceptors (Lipinski definition) is 4. The molecule has 2 N–H and O–H groups in total. The summed E-state index contributed by atoms with van der Waals surface area (Å²) in [7, 11) is 0. The number of amides is 1. The fourth-order valence-corrected chi connectivity index (χ4v) is 5.79. The van der Waals surface area contributed by atoms with Crippen LogP contribution in [0.2, 0.25) is 0 Å². The Kier molecular flexibility index (Phi) is 8.39. The maximum absolute atomic E-state index is 13.2. The molecular weight excluding hydrogens is 442 g/mol. The lowest BCUT2D eigenvalue weighted by molar-refractivity contribution is -0.134. The standard InChI is InChI=1S/C26H33N3O2.C2H4O2/c30-25(23-9-10-24-22-15-21(16-27-17-22)18-29(24)26(23)31)28-13-11-20(12-14-28)8-4-7-19-5-2-1-3-6-19;1-2(3)4/h1-3,5-6,9-10,20-22,27H,4,7-8,11-18H2;1H3,(H,3,4)/t21-,22+;/m0./s1. The molecule has 5 rings (SSSR count). The molecule has 0 spiro atoms. The Bertz CT molecular complexity index is 1070. The number of carbonyl (C=O) groups is 2. The second kappa shape index (κ2) is 11.7. The van der Waals surface area contributed by atoms with Gasteiger partial charge in [0.25, 0.3) is 17.4 Å². The zero-order valence-electron chi connectivity index (χ0n) is 20.6. The fourth-order valence-electron chi connectivity index (χ4n) is 5.79. The van der Waals surface area contributed by atoms with Crippen molar-refractivity contribution in [1.82, 2.24) is 14.8 Å². The number of carbonyl (C=O) groups excluding carboxylic acids is 1. The molecule has 1 aromatic carbocycles. The van der Waals surface area contributed by atoms with E-state index < -0.39 is 5.97 Å². The molecule has 188 valence electrons. The van der Waals surface area contributed by atoms with E-state index in [1.54, 1.807) is 6.07 Å². The van der Waals surface area contributed by atoms with Gasteiger partial charge in [0.15, 0.2) is 0 Å². The van der Waals surface area contributed by atoms with Crippen molar-refractivity contribution in [3.8, 4) is 0 Å². The van der Waals surface area contributed by atoms with Crippen LogP contribution in [0, 0.1) is 11.8 Å². The predicted octanol–water partition coefficient (Wildman–Crippen LogP) is 3.52. The molecule has 1 aromatic heterocycles. The van der Waals surface area contributed by atoms with Gasteiger partial charge in [0, 0.05) is 44.7 Å². The monoisotopic (exact) mass is 479 g/mol. The van der Waals surface area contributed by atoms with Crippen molar-refractivity contribution >= 4 is 11.9 Å². The number of aromatic nitrogens is 1. The highest BCUT2D eigenvalue weighted by Gasteiger charge is 2.33. The smallest absolute Gasteiger partial charge is 0.300 e. The van der Waals surface area contributed by atoms with E-state index in [1.807, 2.05) is 15.5 Å². The molecule has 0 radical (unpaired) electrons. The van der Waals surface area contributed by atoms with Gasteiger partial charge in [-0.25, -0.2) is 0 Å². The maximum Gasteiger partial charge on any atom is 0.300 e. The fraction of sp³-hybridized carbons (Fsp3) is 0.536. The Morgan fingerprint density at radius 3 is 2.49 bits per heavy atom. The molecule has 3 aliphatic rings. The summed E-state index contributed by atoms with van der Waals surface area (Å²) in [4.78, 5) is 37.2. The van der Waals surface area contributed by atoms with E-state index >= 15 is 0 Å². The number of fused-ring (bicyclic) bond motifs is 4. The first kappa shape index (κ1) is 25.2. The molecule has 7 heteroatoms. The minimum Gasteiger partial charge on any atom is -0.481 e. The normalized spacial score (nSPS) is 21.5. The summed E-state index contributed by atoms with van der Waals surface area (Å²) in [6.45, 7) is 5.26. The van der Waals surface area contributed by atoms with Crippen LogP contribution in [-0.2, 0) is 17.8 Å². The molecule has 4 heterocycles. The highest BCUT2D eigenvalue weighted by Crippen LogP contribution is 2.32. The Balaban J connectivity index is 0.000000672. The third-order valence-corrected chi connectivity index (χ3v) is 7.56. The van der Waals surface area contributed by atoms with E-state index in [9.17, 15) is 9.59 Å². The van der Waals surface area contributed by atoms with E-state index in [1.165, 1.54) is 18.4 Å². The van der Waals surface area contributed by atoms with Crippen LogP contribution in [0.1, 0.15) is 66.6 Å². The van der Waals surface area contributed by atoms with Crippen molar-refractivity contribution in [1.29, 1.82) is 0 Å². The number of carboxylic acids is 1. The van der Waals surface area contributed by atoms with Gasteiger partial charge in [0.2, 0.25) is 0 Å². The zero-order chi connectivity index (χ0) is 24.8. The van der Waals surface area contributed by atoms with Crippen LogP contribution in [0.15, 0.2) is 47.3 Å². The molecule has 2 aromatic rings. The third kappa shape index (κ3) is 6.40. The highest BCUT2D eigenvalue weighted by atomic mass is 16.4. The number of hydrogen-bond donors (Lipinski definition) is 2. The lowest BCUT2D eigenvalue weighted by Crippen LogP contribution is -2.47. The Morgan fingerprint density at radius 2 is 1.77 bits per heavy atom. The lowest BCUT2D eigenvalue weighted by atomic mass is 9.84. The third-order valence-electron chi connectivity index (χ3n) is 7.56. The van der Waals surface area contributed by atoms with Gasteiger partial charge in [-0.2, -0.15) is 0 Å². The first-order chi connectivity index (χ1) is 16.9. The number of piperidine rings is 2. The van der Waals surface area contributed by atoms with Gasteiger partial charge in [-0.3, -0.25) is 14.4 Å². The molecular formula is C28H37N3O4. The van der Waals surface area contributed by atoms with Crippen molar-refractivity contribution in [2.45, 2.75) is 57.9 Å². The minimum atomic E-state index is -0.833. The number of nitrogens with one attached hydrogen (secondary N) is 1. The summed E-state index contributed by atoms with van der Waals surface area (Å²) in [6.07, 6.45) is 6.79. The molecule has 0 unspecified atom stereocenters. The van der Waals surface area contributed by atoms with Crippen molar-refractivity contribution in [2.24, 2.45) is 11.8 Å². The molecule has 35 heavy (non-hydrogen) atoms. The van der Waals surface area contributed by atoms with Gasteiger partial charge in [-0.05, 0) is 74.6 Å². The molecule has 1 amide bonds. The summed E-state index contributed by atoms with van der Waals surface area (Å²) in [6, 6.07) is 14.5.